The zero-order valence-corrected chi connectivity index (χ0v) is 14.3. The number of pyridine rings is 1. The van der Waals surface area contributed by atoms with Gasteiger partial charge in [0.25, 0.3) is 5.91 Å². The number of hydrogen-bond acceptors (Lipinski definition) is 5. The van der Waals surface area contributed by atoms with Crippen LogP contribution >= 0.6 is 0 Å². The van der Waals surface area contributed by atoms with Gasteiger partial charge in [0.05, 0.1) is 5.69 Å². The molecule has 1 aliphatic rings. The summed E-state index contributed by atoms with van der Waals surface area (Å²) < 4.78 is 0. The first-order valence-electron chi connectivity index (χ1n) is 8.15. The third-order valence-electron chi connectivity index (χ3n) is 4.42. The molecule has 0 unspecified atom stereocenters. The molecule has 0 saturated carbocycles. The number of aryl methyl sites for hydroxylation is 2. The predicted octanol–water partition coefficient (Wildman–Crippen LogP) is 1.47. The van der Waals surface area contributed by atoms with E-state index in [2.05, 4.69) is 27.0 Å². The van der Waals surface area contributed by atoms with E-state index in [0.29, 0.717) is 31.0 Å². The molecule has 2 aromatic rings. The summed E-state index contributed by atoms with van der Waals surface area (Å²) in [6.45, 7) is 8.48. The van der Waals surface area contributed by atoms with E-state index < -0.39 is 0 Å². The zero-order valence-electron chi connectivity index (χ0n) is 14.3. The number of hydrogen-bond donors (Lipinski definition) is 2. The maximum absolute atomic E-state index is 12.5. The Labute approximate surface area is 141 Å². The van der Waals surface area contributed by atoms with E-state index in [1.165, 1.54) is 0 Å². The highest BCUT2D eigenvalue weighted by Crippen LogP contribution is 2.20. The summed E-state index contributed by atoms with van der Waals surface area (Å²) in [4.78, 5) is 21.0. The molecule has 7 heteroatoms. The molecule has 7 nitrogen and oxygen atoms in total. The molecule has 2 N–H and O–H groups in total. The van der Waals surface area contributed by atoms with Crippen molar-refractivity contribution in [3.05, 3.63) is 41.0 Å². The van der Waals surface area contributed by atoms with E-state index >= 15 is 0 Å². The van der Waals surface area contributed by atoms with Gasteiger partial charge in [-0.1, -0.05) is 0 Å². The largest absolute Gasteiger partial charge is 0.506 e. The van der Waals surface area contributed by atoms with Crippen LogP contribution in [0.4, 0.5) is 0 Å². The Morgan fingerprint density at radius 2 is 2.17 bits per heavy atom. The number of amides is 1. The maximum Gasteiger partial charge on any atom is 0.274 e. The molecule has 0 aliphatic carbocycles. The average Bonchev–Trinajstić information content (AvgIpc) is 2.98. The molecule has 0 aromatic carbocycles. The second-order valence-electron chi connectivity index (χ2n) is 6.43. The van der Waals surface area contributed by atoms with Gasteiger partial charge in [-0.15, -0.1) is 0 Å². The molecule has 1 amide bonds. The van der Waals surface area contributed by atoms with E-state index in [9.17, 15) is 9.90 Å². The van der Waals surface area contributed by atoms with Crippen molar-refractivity contribution in [2.75, 3.05) is 19.6 Å². The molecule has 3 heterocycles. The predicted molar refractivity (Wildman–Crippen MR) is 89.7 cm³/mol. The van der Waals surface area contributed by atoms with E-state index in [1.54, 1.807) is 18.2 Å². The third kappa shape index (κ3) is 3.41. The van der Waals surface area contributed by atoms with E-state index in [0.717, 1.165) is 17.9 Å². The van der Waals surface area contributed by atoms with Gasteiger partial charge in [-0.2, -0.15) is 5.10 Å². The Balaban J connectivity index is 1.65. The van der Waals surface area contributed by atoms with Crippen LogP contribution in [0, 0.1) is 13.8 Å². The lowest BCUT2D eigenvalue weighted by molar-refractivity contribution is 0.0484. The highest BCUT2D eigenvalue weighted by molar-refractivity contribution is 5.92. The van der Waals surface area contributed by atoms with Gasteiger partial charge in [0, 0.05) is 43.6 Å². The molecular weight excluding hydrogens is 306 g/mol. The second-order valence-corrected chi connectivity index (χ2v) is 6.43. The van der Waals surface area contributed by atoms with Gasteiger partial charge in [-0.3, -0.25) is 19.8 Å². The second kappa shape index (κ2) is 6.60. The van der Waals surface area contributed by atoms with Gasteiger partial charge in [0.2, 0.25) is 0 Å². The summed E-state index contributed by atoms with van der Waals surface area (Å²) in [5, 5.41) is 16.8. The lowest BCUT2D eigenvalue weighted by atomic mass is 10.1. The lowest BCUT2D eigenvalue weighted by Crippen LogP contribution is -2.53. The van der Waals surface area contributed by atoms with Crippen LogP contribution in [0.2, 0.25) is 0 Å². The van der Waals surface area contributed by atoms with E-state index in [4.69, 9.17) is 0 Å². The van der Waals surface area contributed by atoms with Crippen molar-refractivity contribution < 1.29 is 9.90 Å². The Hall–Kier alpha value is -2.41. The first kappa shape index (κ1) is 16.4. The molecule has 0 radical (unpaired) electrons. The minimum absolute atomic E-state index is 0.0395. The average molecular weight is 329 g/mol. The van der Waals surface area contributed by atoms with Crippen molar-refractivity contribution in [3.8, 4) is 5.75 Å². The maximum atomic E-state index is 12.5. The monoisotopic (exact) mass is 329 g/mol. The summed E-state index contributed by atoms with van der Waals surface area (Å²) in [6.07, 6.45) is 0. The minimum Gasteiger partial charge on any atom is -0.506 e. The first-order chi connectivity index (χ1) is 11.4. The Kier molecular flexibility index (Phi) is 4.53. The number of aromatic amines is 1. The van der Waals surface area contributed by atoms with Gasteiger partial charge in [-0.25, -0.2) is 0 Å². The number of piperazine rings is 1. The topological polar surface area (TPSA) is 85.4 Å². The van der Waals surface area contributed by atoms with Gasteiger partial charge in [0.1, 0.15) is 11.4 Å². The van der Waals surface area contributed by atoms with Gasteiger partial charge >= 0.3 is 0 Å². The molecule has 1 saturated heterocycles. The van der Waals surface area contributed by atoms with Crippen LogP contribution < -0.4 is 0 Å². The molecular formula is C17H23N5O2. The summed E-state index contributed by atoms with van der Waals surface area (Å²) in [7, 11) is 0. The highest BCUT2D eigenvalue weighted by Gasteiger charge is 2.29. The summed E-state index contributed by atoms with van der Waals surface area (Å²) in [5.74, 6) is 0.181. The number of carbonyl (C=O) groups excluding carboxylic acids is 1. The number of nitrogens with one attached hydrogen (secondary N) is 1. The van der Waals surface area contributed by atoms with Crippen molar-refractivity contribution in [3.63, 3.8) is 0 Å². The first-order valence-corrected chi connectivity index (χ1v) is 8.15. The molecule has 0 bridgehead atoms. The van der Waals surface area contributed by atoms with Crippen LogP contribution in [0.25, 0.3) is 0 Å². The SMILES string of the molecule is Cc1ccc(O)c(CN2CCN(C(=O)c3cc(C)[nH]n3)C[C@H]2C)n1. The van der Waals surface area contributed by atoms with Crippen molar-refractivity contribution in [2.24, 2.45) is 0 Å². The fourth-order valence-electron chi connectivity index (χ4n) is 3.02. The van der Waals surface area contributed by atoms with E-state index in [1.807, 2.05) is 18.7 Å². The fraction of sp³-hybridized carbons (Fsp3) is 0.471. The number of aromatic hydroxyl groups is 1. The van der Waals surface area contributed by atoms with Crippen molar-refractivity contribution in [1.29, 1.82) is 0 Å². The summed E-state index contributed by atoms with van der Waals surface area (Å²) in [6, 6.07) is 5.44. The Morgan fingerprint density at radius 3 is 2.83 bits per heavy atom. The van der Waals surface area contributed by atoms with Crippen molar-refractivity contribution in [1.82, 2.24) is 25.0 Å². The molecule has 1 fully saturated rings. The molecule has 0 spiro atoms. The van der Waals surface area contributed by atoms with Crippen LogP contribution in [0.15, 0.2) is 18.2 Å². The van der Waals surface area contributed by atoms with Crippen LogP contribution in [0.3, 0.4) is 0 Å². The Morgan fingerprint density at radius 1 is 1.38 bits per heavy atom. The number of aromatic nitrogens is 3. The molecule has 3 rings (SSSR count). The van der Waals surface area contributed by atoms with Crippen molar-refractivity contribution >= 4 is 5.91 Å². The van der Waals surface area contributed by atoms with Gasteiger partial charge < -0.3 is 10.0 Å². The molecule has 24 heavy (non-hydrogen) atoms. The van der Waals surface area contributed by atoms with Crippen molar-refractivity contribution in [2.45, 2.75) is 33.4 Å². The smallest absolute Gasteiger partial charge is 0.274 e. The van der Waals surface area contributed by atoms with Crippen LogP contribution in [-0.2, 0) is 6.54 Å². The molecule has 128 valence electrons. The molecule has 1 atom stereocenters. The Bertz CT molecular complexity index is 742. The molecule has 2 aromatic heterocycles. The quantitative estimate of drug-likeness (QED) is 0.891. The van der Waals surface area contributed by atoms with Crippen LogP contribution in [0.5, 0.6) is 5.75 Å². The normalized spacial score (nSPS) is 18.8. The zero-order chi connectivity index (χ0) is 17.3. The van der Waals surface area contributed by atoms with Gasteiger partial charge in [0.15, 0.2) is 0 Å². The third-order valence-corrected chi connectivity index (χ3v) is 4.42. The number of carbonyl (C=O) groups is 1. The fourth-order valence-corrected chi connectivity index (χ4v) is 3.02. The highest BCUT2D eigenvalue weighted by atomic mass is 16.3. The lowest BCUT2D eigenvalue weighted by Gasteiger charge is -2.39. The van der Waals surface area contributed by atoms with E-state index in [-0.39, 0.29) is 17.7 Å². The number of nitrogens with zero attached hydrogens (tertiary/aromatic N) is 4. The standard InChI is InChI=1S/C17H23N5O2/c1-11-4-5-16(23)15(18-11)10-21-6-7-22(9-13(21)3)17(24)14-8-12(2)19-20-14/h4-5,8,13,23H,6-7,9-10H2,1-3H3,(H,19,20)/t13-/m1/s1. The molecule has 1 aliphatic heterocycles. The van der Waals surface area contributed by atoms with Gasteiger partial charge in [-0.05, 0) is 39.0 Å². The number of H-pyrrole nitrogens is 1. The van der Waals surface area contributed by atoms with Crippen LogP contribution in [0.1, 0.15) is 34.5 Å². The minimum atomic E-state index is -0.0395. The summed E-state index contributed by atoms with van der Waals surface area (Å²) >= 11 is 0. The van der Waals surface area contributed by atoms with Crippen LogP contribution in [-0.4, -0.2) is 61.7 Å². The number of rotatable bonds is 3. The summed E-state index contributed by atoms with van der Waals surface area (Å²) in [5.41, 5.74) is 2.92.